The van der Waals surface area contributed by atoms with E-state index in [2.05, 4.69) is 14.9 Å². The first-order valence-electron chi connectivity index (χ1n) is 4.93. The highest BCUT2D eigenvalue weighted by atomic mass is 32.2. The van der Waals surface area contributed by atoms with Gasteiger partial charge in [0.25, 0.3) is 10.0 Å². The minimum atomic E-state index is -3.63. The fourth-order valence-electron chi connectivity index (χ4n) is 1.39. The molecule has 7 heteroatoms. The largest absolute Gasteiger partial charge is 0.326 e. The van der Waals surface area contributed by atoms with Crippen molar-refractivity contribution < 1.29 is 8.42 Å². The van der Waals surface area contributed by atoms with Crippen molar-refractivity contribution in [3.63, 3.8) is 0 Å². The molecule has 0 bridgehead atoms. The standard InChI is InChI=1S/C10H12N4O2S/c11-7-8-3-1-2-4-9(8)14-17(15,16)10-5-6-12-13-10/h1-6,14H,7,11H2,(H,12,13). The molecule has 6 nitrogen and oxygen atoms in total. The summed E-state index contributed by atoms with van der Waals surface area (Å²) in [6.07, 6.45) is 1.38. The normalized spacial score (nSPS) is 11.4. The second-order valence-corrected chi connectivity index (χ2v) is 5.04. The van der Waals surface area contributed by atoms with Crippen molar-refractivity contribution in [3.05, 3.63) is 42.1 Å². The maximum Gasteiger partial charge on any atom is 0.278 e. The molecule has 2 rings (SSSR count). The third kappa shape index (κ3) is 2.45. The van der Waals surface area contributed by atoms with Crippen LogP contribution in [-0.2, 0) is 16.6 Å². The molecule has 0 amide bonds. The van der Waals surface area contributed by atoms with Crippen LogP contribution < -0.4 is 10.5 Å². The molecule has 2 aromatic rings. The summed E-state index contributed by atoms with van der Waals surface area (Å²) in [6.45, 7) is 0.266. The highest BCUT2D eigenvalue weighted by molar-refractivity contribution is 7.92. The van der Waals surface area contributed by atoms with E-state index in [4.69, 9.17) is 5.73 Å². The van der Waals surface area contributed by atoms with Crippen molar-refractivity contribution in [1.82, 2.24) is 10.2 Å². The first-order valence-corrected chi connectivity index (χ1v) is 6.42. The minimum Gasteiger partial charge on any atom is -0.326 e. The minimum absolute atomic E-state index is 0.0179. The lowest BCUT2D eigenvalue weighted by Gasteiger charge is -2.09. The Balaban J connectivity index is 2.33. The predicted molar refractivity (Wildman–Crippen MR) is 63.7 cm³/mol. The van der Waals surface area contributed by atoms with Crippen LogP contribution in [0, 0.1) is 0 Å². The Bertz CT molecular complexity index is 593. The zero-order valence-corrected chi connectivity index (χ0v) is 9.74. The number of nitrogens with one attached hydrogen (secondary N) is 2. The third-order valence-electron chi connectivity index (χ3n) is 2.25. The number of aromatic amines is 1. The smallest absolute Gasteiger partial charge is 0.278 e. The van der Waals surface area contributed by atoms with Crippen LogP contribution in [-0.4, -0.2) is 18.6 Å². The second kappa shape index (κ2) is 4.56. The van der Waals surface area contributed by atoms with E-state index in [1.807, 2.05) is 0 Å². The lowest BCUT2D eigenvalue weighted by molar-refractivity contribution is 0.597. The summed E-state index contributed by atoms with van der Waals surface area (Å²) in [5, 5.41) is 6.03. The number of aromatic nitrogens is 2. The van der Waals surface area contributed by atoms with Gasteiger partial charge in [-0.05, 0) is 17.7 Å². The van der Waals surface area contributed by atoms with E-state index < -0.39 is 10.0 Å². The van der Waals surface area contributed by atoms with Crippen LogP contribution in [0.1, 0.15) is 5.56 Å². The van der Waals surface area contributed by atoms with Crippen molar-refractivity contribution >= 4 is 15.7 Å². The third-order valence-corrected chi connectivity index (χ3v) is 3.54. The lowest BCUT2D eigenvalue weighted by atomic mass is 10.2. The summed E-state index contributed by atoms with van der Waals surface area (Å²) >= 11 is 0. The molecule has 4 N–H and O–H groups in total. The number of nitrogens with zero attached hydrogens (tertiary/aromatic N) is 1. The van der Waals surface area contributed by atoms with Gasteiger partial charge in [-0.1, -0.05) is 18.2 Å². The quantitative estimate of drug-likeness (QED) is 0.744. The fourth-order valence-corrected chi connectivity index (χ4v) is 2.40. The van der Waals surface area contributed by atoms with Crippen molar-refractivity contribution in [3.8, 4) is 0 Å². The molecule has 0 aliphatic heterocycles. The van der Waals surface area contributed by atoms with Gasteiger partial charge in [-0.25, -0.2) is 0 Å². The molecule has 1 aromatic carbocycles. The van der Waals surface area contributed by atoms with Gasteiger partial charge in [0, 0.05) is 6.54 Å². The molecule has 0 atom stereocenters. The molecule has 0 unspecified atom stereocenters. The van der Waals surface area contributed by atoms with Gasteiger partial charge in [-0.2, -0.15) is 13.5 Å². The van der Waals surface area contributed by atoms with Gasteiger partial charge in [0.2, 0.25) is 0 Å². The molecule has 0 spiro atoms. The zero-order valence-electron chi connectivity index (χ0n) is 8.92. The zero-order chi connectivity index (χ0) is 12.3. The van der Waals surface area contributed by atoms with Crippen LogP contribution in [0.5, 0.6) is 0 Å². The summed E-state index contributed by atoms with van der Waals surface area (Å²) in [7, 11) is -3.63. The number of anilines is 1. The molecular weight excluding hydrogens is 240 g/mol. The van der Waals surface area contributed by atoms with Crippen LogP contribution >= 0.6 is 0 Å². The van der Waals surface area contributed by atoms with E-state index in [0.717, 1.165) is 5.56 Å². The number of sulfonamides is 1. The van der Waals surface area contributed by atoms with Gasteiger partial charge in [0.05, 0.1) is 11.9 Å². The molecule has 0 fully saturated rings. The summed E-state index contributed by atoms with van der Waals surface area (Å²) in [5.74, 6) is 0. The highest BCUT2D eigenvalue weighted by Gasteiger charge is 2.16. The van der Waals surface area contributed by atoms with Crippen LogP contribution in [0.4, 0.5) is 5.69 Å². The van der Waals surface area contributed by atoms with Gasteiger partial charge < -0.3 is 5.73 Å². The molecule has 0 aliphatic carbocycles. The van der Waals surface area contributed by atoms with E-state index in [0.29, 0.717) is 5.69 Å². The number of H-pyrrole nitrogens is 1. The first kappa shape index (κ1) is 11.6. The highest BCUT2D eigenvalue weighted by Crippen LogP contribution is 2.18. The molecule has 0 saturated carbocycles. The maximum absolute atomic E-state index is 11.9. The predicted octanol–water partition coefficient (Wildman–Crippen LogP) is 0.669. The van der Waals surface area contributed by atoms with Crippen LogP contribution in [0.3, 0.4) is 0 Å². The van der Waals surface area contributed by atoms with Crippen molar-refractivity contribution in [1.29, 1.82) is 0 Å². The fraction of sp³-hybridized carbons (Fsp3) is 0.100. The first-order chi connectivity index (χ1) is 8.13. The maximum atomic E-state index is 11.9. The molecule has 17 heavy (non-hydrogen) atoms. The Morgan fingerprint density at radius 1 is 1.29 bits per heavy atom. The molecule has 0 aliphatic rings. The number of hydrogen-bond acceptors (Lipinski definition) is 4. The summed E-state index contributed by atoms with van der Waals surface area (Å²) in [4.78, 5) is 0. The van der Waals surface area contributed by atoms with Gasteiger partial charge in [0.1, 0.15) is 0 Å². The van der Waals surface area contributed by atoms with Crippen molar-refractivity contribution in [2.24, 2.45) is 5.73 Å². The number of para-hydroxylation sites is 1. The summed E-state index contributed by atoms with van der Waals surface area (Å²) < 4.78 is 26.3. The van der Waals surface area contributed by atoms with Crippen molar-refractivity contribution in [2.45, 2.75) is 11.6 Å². The van der Waals surface area contributed by atoms with Crippen molar-refractivity contribution in [2.75, 3.05) is 4.72 Å². The van der Waals surface area contributed by atoms with E-state index in [9.17, 15) is 8.42 Å². The topological polar surface area (TPSA) is 101 Å². The summed E-state index contributed by atoms with van der Waals surface area (Å²) in [5.41, 5.74) is 6.74. The Morgan fingerprint density at radius 2 is 2.06 bits per heavy atom. The van der Waals surface area contributed by atoms with Crippen LogP contribution in [0.15, 0.2) is 41.6 Å². The lowest BCUT2D eigenvalue weighted by Crippen LogP contribution is -2.15. The number of nitrogens with two attached hydrogens (primary N) is 1. The van der Waals surface area contributed by atoms with Crippen LogP contribution in [0.25, 0.3) is 0 Å². The van der Waals surface area contributed by atoms with E-state index in [-0.39, 0.29) is 11.6 Å². The van der Waals surface area contributed by atoms with E-state index in [1.165, 1.54) is 12.3 Å². The Hall–Kier alpha value is -1.86. The number of rotatable bonds is 4. The Morgan fingerprint density at radius 3 is 2.71 bits per heavy atom. The average molecular weight is 252 g/mol. The van der Waals surface area contributed by atoms with Gasteiger partial charge in [-0.3, -0.25) is 9.82 Å². The summed E-state index contributed by atoms with van der Waals surface area (Å²) in [6, 6.07) is 8.36. The van der Waals surface area contributed by atoms with E-state index in [1.54, 1.807) is 24.3 Å². The molecule has 1 heterocycles. The van der Waals surface area contributed by atoms with Crippen LogP contribution in [0.2, 0.25) is 0 Å². The monoisotopic (exact) mass is 252 g/mol. The molecule has 0 saturated heterocycles. The number of benzene rings is 1. The molecule has 1 aromatic heterocycles. The average Bonchev–Trinajstić information content (AvgIpc) is 2.83. The van der Waals surface area contributed by atoms with Gasteiger partial charge in [-0.15, -0.1) is 0 Å². The van der Waals surface area contributed by atoms with Gasteiger partial charge >= 0.3 is 0 Å². The molecule has 0 radical (unpaired) electrons. The molecule has 90 valence electrons. The molecular formula is C10H12N4O2S. The number of hydrogen-bond donors (Lipinski definition) is 3. The van der Waals surface area contributed by atoms with Gasteiger partial charge in [0.15, 0.2) is 5.03 Å². The second-order valence-electron chi connectivity index (χ2n) is 3.39. The Kier molecular flexibility index (Phi) is 3.12. The van der Waals surface area contributed by atoms with E-state index >= 15 is 0 Å². The SMILES string of the molecule is NCc1ccccc1NS(=O)(=O)c1ccn[nH]1. The Labute approximate surface area is 98.9 Å².